The van der Waals surface area contributed by atoms with Crippen LogP contribution in [0.2, 0.25) is 0 Å². The standard InChI is InChI=1S/C21H24FNO/c1-3-7-17-10-12-19(20(22)14-17)21-13-11-18(15-23-21)9-6-4-5-8-16(2)24/h3,6,9-16,24H,1,4-5,7-8H2,2H3. The molecule has 1 heterocycles. The van der Waals surface area contributed by atoms with Crippen LogP contribution >= 0.6 is 0 Å². The molecule has 0 aliphatic rings. The molecule has 0 bridgehead atoms. The number of benzene rings is 1. The number of aliphatic hydroxyl groups is 1. The first kappa shape index (κ1) is 18.1. The van der Waals surface area contributed by atoms with E-state index in [-0.39, 0.29) is 11.9 Å². The second-order valence-corrected chi connectivity index (χ2v) is 5.97. The second kappa shape index (κ2) is 9.14. The molecule has 1 unspecified atom stereocenters. The Bertz CT molecular complexity index is 689. The van der Waals surface area contributed by atoms with Gasteiger partial charge in [0.05, 0.1) is 11.8 Å². The highest BCUT2D eigenvalue weighted by atomic mass is 19.1. The van der Waals surface area contributed by atoms with Crippen molar-refractivity contribution in [2.24, 2.45) is 0 Å². The van der Waals surface area contributed by atoms with Crippen molar-refractivity contribution in [3.8, 4) is 11.3 Å². The smallest absolute Gasteiger partial charge is 0.132 e. The number of aromatic nitrogens is 1. The summed E-state index contributed by atoms with van der Waals surface area (Å²) in [4.78, 5) is 4.36. The summed E-state index contributed by atoms with van der Waals surface area (Å²) in [5.74, 6) is -0.261. The summed E-state index contributed by atoms with van der Waals surface area (Å²) in [5.41, 5.74) is 3.03. The average Bonchev–Trinajstić information content (AvgIpc) is 2.55. The average molecular weight is 325 g/mol. The van der Waals surface area contributed by atoms with Crippen LogP contribution in [-0.4, -0.2) is 16.2 Å². The maximum atomic E-state index is 14.2. The van der Waals surface area contributed by atoms with Crippen LogP contribution in [0.1, 0.15) is 37.3 Å². The molecular weight excluding hydrogens is 301 g/mol. The van der Waals surface area contributed by atoms with Gasteiger partial charge in [0.1, 0.15) is 5.82 Å². The first-order valence-electron chi connectivity index (χ1n) is 8.30. The molecule has 0 radical (unpaired) electrons. The maximum absolute atomic E-state index is 14.2. The molecule has 2 nitrogen and oxygen atoms in total. The van der Waals surface area contributed by atoms with Gasteiger partial charge in [-0.05, 0) is 61.9 Å². The maximum Gasteiger partial charge on any atom is 0.132 e. The number of rotatable bonds is 8. The van der Waals surface area contributed by atoms with E-state index >= 15 is 0 Å². The van der Waals surface area contributed by atoms with Crippen molar-refractivity contribution in [2.75, 3.05) is 0 Å². The van der Waals surface area contributed by atoms with Crippen molar-refractivity contribution >= 4 is 6.08 Å². The third-order valence-corrected chi connectivity index (χ3v) is 3.78. The molecule has 3 heteroatoms. The van der Waals surface area contributed by atoms with Crippen LogP contribution in [0.15, 0.2) is 55.3 Å². The van der Waals surface area contributed by atoms with E-state index in [0.29, 0.717) is 17.7 Å². The number of hydrogen-bond acceptors (Lipinski definition) is 2. The lowest BCUT2D eigenvalue weighted by Gasteiger charge is -2.05. The number of allylic oxidation sites excluding steroid dienone is 2. The van der Waals surface area contributed by atoms with Crippen molar-refractivity contribution < 1.29 is 9.50 Å². The zero-order chi connectivity index (χ0) is 17.4. The summed E-state index contributed by atoms with van der Waals surface area (Å²) in [5, 5.41) is 9.21. The molecule has 2 rings (SSSR count). The highest BCUT2D eigenvalue weighted by molar-refractivity contribution is 5.62. The Morgan fingerprint density at radius 2 is 2.12 bits per heavy atom. The van der Waals surface area contributed by atoms with Crippen molar-refractivity contribution in [2.45, 2.75) is 38.7 Å². The molecule has 0 spiro atoms. The van der Waals surface area contributed by atoms with E-state index in [4.69, 9.17) is 0 Å². The van der Waals surface area contributed by atoms with Crippen LogP contribution in [0.25, 0.3) is 17.3 Å². The van der Waals surface area contributed by atoms with Crippen molar-refractivity contribution in [3.05, 3.63) is 72.2 Å². The van der Waals surface area contributed by atoms with Crippen LogP contribution in [0.3, 0.4) is 0 Å². The van der Waals surface area contributed by atoms with Gasteiger partial charge in [-0.3, -0.25) is 4.98 Å². The first-order chi connectivity index (χ1) is 11.6. The van der Waals surface area contributed by atoms with E-state index in [1.807, 2.05) is 24.3 Å². The molecule has 24 heavy (non-hydrogen) atoms. The fourth-order valence-corrected chi connectivity index (χ4v) is 2.47. The minimum Gasteiger partial charge on any atom is -0.393 e. The van der Waals surface area contributed by atoms with Gasteiger partial charge < -0.3 is 5.11 Å². The molecule has 1 N–H and O–H groups in total. The van der Waals surface area contributed by atoms with E-state index in [1.54, 1.807) is 25.3 Å². The Morgan fingerprint density at radius 3 is 2.75 bits per heavy atom. The minimum absolute atomic E-state index is 0.243. The van der Waals surface area contributed by atoms with Gasteiger partial charge in [-0.2, -0.15) is 0 Å². The van der Waals surface area contributed by atoms with Gasteiger partial charge in [0.25, 0.3) is 0 Å². The SMILES string of the molecule is C=CCc1ccc(-c2ccc(C=CCCCC(C)O)cn2)c(F)c1. The van der Waals surface area contributed by atoms with Gasteiger partial charge in [-0.25, -0.2) is 4.39 Å². The predicted octanol–water partition coefficient (Wildman–Crippen LogP) is 5.18. The van der Waals surface area contributed by atoms with Crippen molar-refractivity contribution in [1.82, 2.24) is 4.98 Å². The van der Waals surface area contributed by atoms with Crippen LogP contribution < -0.4 is 0 Å². The Labute approximate surface area is 143 Å². The molecule has 1 atom stereocenters. The summed E-state index contributed by atoms with van der Waals surface area (Å²) in [6.07, 6.45) is 10.7. The quantitative estimate of drug-likeness (QED) is 0.536. The molecule has 0 fully saturated rings. The zero-order valence-electron chi connectivity index (χ0n) is 14.1. The Hall–Kier alpha value is -2.26. The molecule has 0 saturated carbocycles. The summed E-state index contributed by atoms with van der Waals surface area (Å²) >= 11 is 0. The number of halogens is 1. The first-order valence-corrected chi connectivity index (χ1v) is 8.30. The van der Waals surface area contributed by atoms with Gasteiger partial charge >= 0.3 is 0 Å². The lowest BCUT2D eigenvalue weighted by atomic mass is 10.0. The van der Waals surface area contributed by atoms with Gasteiger partial charge in [-0.15, -0.1) is 6.58 Å². The molecule has 0 aliphatic heterocycles. The minimum atomic E-state index is -0.261. The molecule has 0 amide bonds. The molecule has 2 aromatic rings. The van der Waals surface area contributed by atoms with E-state index in [0.717, 1.165) is 30.4 Å². The Kier molecular flexibility index (Phi) is 6.89. The van der Waals surface area contributed by atoms with Crippen molar-refractivity contribution in [3.63, 3.8) is 0 Å². The number of aliphatic hydroxyl groups excluding tert-OH is 1. The fourth-order valence-electron chi connectivity index (χ4n) is 2.47. The monoisotopic (exact) mass is 325 g/mol. The number of nitrogens with zero attached hydrogens (tertiary/aromatic N) is 1. The third-order valence-electron chi connectivity index (χ3n) is 3.78. The molecule has 126 valence electrons. The van der Waals surface area contributed by atoms with Crippen LogP contribution in [0.5, 0.6) is 0 Å². The lowest BCUT2D eigenvalue weighted by Crippen LogP contribution is -1.97. The van der Waals surface area contributed by atoms with E-state index in [1.165, 1.54) is 6.07 Å². The van der Waals surface area contributed by atoms with E-state index in [2.05, 4.69) is 17.6 Å². The Balaban J connectivity index is 2.01. The van der Waals surface area contributed by atoms with Crippen molar-refractivity contribution in [1.29, 1.82) is 0 Å². The zero-order valence-corrected chi connectivity index (χ0v) is 14.1. The normalized spacial score (nSPS) is 12.5. The van der Waals surface area contributed by atoms with Gasteiger partial charge in [0, 0.05) is 11.8 Å². The molecule has 1 aromatic heterocycles. The molecule has 1 aromatic carbocycles. The molecule has 0 aliphatic carbocycles. The second-order valence-electron chi connectivity index (χ2n) is 5.97. The van der Waals surface area contributed by atoms with E-state index < -0.39 is 0 Å². The highest BCUT2D eigenvalue weighted by Gasteiger charge is 2.07. The van der Waals surface area contributed by atoms with Gasteiger partial charge in [0.15, 0.2) is 0 Å². The van der Waals surface area contributed by atoms with Gasteiger partial charge in [0.2, 0.25) is 0 Å². The molecule has 0 saturated heterocycles. The topological polar surface area (TPSA) is 33.1 Å². The summed E-state index contributed by atoms with van der Waals surface area (Å²) < 4.78 is 14.2. The van der Waals surface area contributed by atoms with E-state index in [9.17, 15) is 9.50 Å². The fraction of sp³-hybridized carbons (Fsp3) is 0.286. The molecular formula is C21H24FNO. The number of pyridine rings is 1. The number of unbranched alkanes of at least 4 members (excludes halogenated alkanes) is 1. The van der Waals surface area contributed by atoms with Gasteiger partial charge in [-0.1, -0.05) is 30.4 Å². The highest BCUT2D eigenvalue weighted by Crippen LogP contribution is 2.22. The number of hydrogen-bond donors (Lipinski definition) is 1. The predicted molar refractivity (Wildman–Crippen MR) is 98.1 cm³/mol. The summed E-state index contributed by atoms with van der Waals surface area (Å²) in [6.45, 7) is 5.47. The third kappa shape index (κ3) is 5.43. The largest absolute Gasteiger partial charge is 0.393 e. The Morgan fingerprint density at radius 1 is 1.29 bits per heavy atom. The summed E-state index contributed by atoms with van der Waals surface area (Å²) in [6, 6.07) is 8.97. The van der Waals surface area contributed by atoms with Crippen LogP contribution in [0.4, 0.5) is 4.39 Å². The lowest BCUT2D eigenvalue weighted by molar-refractivity contribution is 0.182. The van der Waals surface area contributed by atoms with Crippen LogP contribution in [-0.2, 0) is 6.42 Å². The summed E-state index contributed by atoms with van der Waals surface area (Å²) in [7, 11) is 0. The van der Waals surface area contributed by atoms with Crippen LogP contribution in [0, 0.1) is 5.82 Å².